The highest BCUT2D eigenvalue weighted by atomic mass is 32.2. The Morgan fingerprint density at radius 3 is 2.71 bits per heavy atom. The molecule has 0 radical (unpaired) electrons. The summed E-state index contributed by atoms with van der Waals surface area (Å²) in [5.41, 5.74) is 4.68. The van der Waals surface area contributed by atoms with Gasteiger partial charge in [0, 0.05) is 23.3 Å². The minimum Gasteiger partial charge on any atom is -0.455 e. The lowest BCUT2D eigenvalue weighted by Gasteiger charge is -2.12. The number of anilines is 2. The minimum atomic E-state index is 0.0304. The predicted molar refractivity (Wildman–Crippen MR) is 143 cm³/mol. The van der Waals surface area contributed by atoms with Crippen molar-refractivity contribution in [1.29, 1.82) is 0 Å². The maximum Gasteiger partial charge on any atom is 0.230 e. The van der Waals surface area contributed by atoms with Gasteiger partial charge in [-0.25, -0.2) is 9.97 Å². The zero-order valence-electron chi connectivity index (χ0n) is 19.9. The lowest BCUT2D eigenvalue weighted by atomic mass is 10.1. The highest BCUT2D eigenvalue weighted by Crippen LogP contribution is 2.30. The Morgan fingerprint density at radius 2 is 1.94 bits per heavy atom. The highest BCUT2D eigenvalue weighted by molar-refractivity contribution is 7.99. The first-order valence-corrected chi connectivity index (χ1v) is 12.6. The Kier molecular flexibility index (Phi) is 7.95. The molecule has 2 aromatic heterocycles. The van der Waals surface area contributed by atoms with Crippen molar-refractivity contribution in [3.8, 4) is 11.5 Å². The SMILES string of the molecule is CSCC(=O)NCC=Cc1ccc2ncnc(Nc3ccc(Oc4ccc(C)nc4)c(C)c3)c2c1. The van der Waals surface area contributed by atoms with E-state index in [9.17, 15) is 4.79 Å². The number of benzene rings is 2. The number of nitrogens with one attached hydrogen (secondary N) is 2. The first kappa shape index (κ1) is 24.2. The molecule has 4 rings (SSSR count). The molecule has 2 aromatic carbocycles. The molecule has 0 atom stereocenters. The summed E-state index contributed by atoms with van der Waals surface area (Å²) in [7, 11) is 0. The van der Waals surface area contributed by atoms with Gasteiger partial charge in [-0.2, -0.15) is 11.8 Å². The summed E-state index contributed by atoms with van der Waals surface area (Å²) >= 11 is 1.50. The average Bonchev–Trinajstić information content (AvgIpc) is 2.85. The van der Waals surface area contributed by atoms with Gasteiger partial charge in [-0.15, -0.1) is 0 Å². The first-order chi connectivity index (χ1) is 17.0. The topological polar surface area (TPSA) is 89.0 Å². The van der Waals surface area contributed by atoms with E-state index in [4.69, 9.17) is 4.74 Å². The second kappa shape index (κ2) is 11.5. The van der Waals surface area contributed by atoms with E-state index in [-0.39, 0.29) is 5.91 Å². The third-order valence-electron chi connectivity index (χ3n) is 5.21. The molecular formula is C27H27N5O2S. The van der Waals surface area contributed by atoms with Crippen molar-refractivity contribution in [3.05, 3.63) is 84.0 Å². The Bertz CT molecular complexity index is 1360. The Balaban J connectivity index is 1.49. The molecule has 1 amide bonds. The van der Waals surface area contributed by atoms with Crippen molar-refractivity contribution in [2.24, 2.45) is 0 Å². The van der Waals surface area contributed by atoms with Crippen LogP contribution in [0.25, 0.3) is 17.0 Å². The highest BCUT2D eigenvalue weighted by Gasteiger charge is 2.08. The number of hydrogen-bond acceptors (Lipinski definition) is 7. The second-order valence-electron chi connectivity index (χ2n) is 7.98. The third kappa shape index (κ3) is 6.58. The van der Waals surface area contributed by atoms with Crippen molar-refractivity contribution < 1.29 is 9.53 Å². The van der Waals surface area contributed by atoms with Crippen molar-refractivity contribution in [2.45, 2.75) is 13.8 Å². The molecule has 2 heterocycles. The molecule has 7 nitrogen and oxygen atoms in total. The normalized spacial score (nSPS) is 11.1. The Hall–Kier alpha value is -3.91. The van der Waals surface area contributed by atoms with E-state index in [0.29, 0.717) is 23.9 Å². The van der Waals surface area contributed by atoms with Crippen molar-refractivity contribution in [2.75, 3.05) is 23.9 Å². The fraction of sp³-hybridized carbons (Fsp3) is 0.185. The lowest BCUT2D eigenvalue weighted by Crippen LogP contribution is -2.24. The summed E-state index contributed by atoms with van der Waals surface area (Å²) in [4.78, 5) is 24.7. The van der Waals surface area contributed by atoms with Crippen LogP contribution in [-0.2, 0) is 4.79 Å². The summed E-state index contributed by atoms with van der Waals surface area (Å²) in [5, 5.41) is 7.18. The van der Waals surface area contributed by atoms with Crippen LogP contribution in [0.1, 0.15) is 16.8 Å². The summed E-state index contributed by atoms with van der Waals surface area (Å²) in [6, 6.07) is 15.7. The van der Waals surface area contributed by atoms with Gasteiger partial charge in [-0.1, -0.05) is 18.2 Å². The van der Waals surface area contributed by atoms with Crippen LogP contribution >= 0.6 is 11.8 Å². The van der Waals surface area contributed by atoms with Crippen LogP contribution in [0.2, 0.25) is 0 Å². The number of rotatable bonds is 9. The molecule has 4 aromatic rings. The monoisotopic (exact) mass is 485 g/mol. The first-order valence-electron chi connectivity index (χ1n) is 11.2. The quantitative estimate of drug-likeness (QED) is 0.316. The number of carbonyl (C=O) groups excluding carboxylic acids is 1. The molecule has 35 heavy (non-hydrogen) atoms. The Labute approximate surface area is 209 Å². The standard InChI is InChI=1S/C27H27N5O2S/c1-18-13-21(8-11-25(18)34-22-9-6-19(2)29-15-22)32-27-23-14-20(7-10-24(23)30-17-31-27)5-4-12-28-26(33)16-35-3/h4-11,13-15,17H,12,16H2,1-3H3,(H,28,33)(H,30,31,32). The van der Waals surface area contributed by atoms with Crippen LogP contribution in [0.5, 0.6) is 11.5 Å². The zero-order chi connectivity index (χ0) is 24.6. The van der Waals surface area contributed by atoms with E-state index >= 15 is 0 Å². The molecule has 0 spiro atoms. The molecule has 0 aliphatic carbocycles. The van der Waals surface area contributed by atoms with Crippen LogP contribution in [-0.4, -0.2) is 39.4 Å². The van der Waals surface area contributed by atoms with Gasteiger partial charge in [-0.05, 0) is 73.7 Å². The largest absolute Gasteiger partial charge is 0.455 e. The van der Waals surface area contributed by atoms with E-state index in [1.54, 1.807) is 12.5 Å². The maximum absolute atomic E-state index is 11.6. The molecule has 0 aliphatic heterocycles. The average molecular weight is 486 g/mol. The van der Waals surface area contributed by atoms with E-state index in [1.165, 1.54) is 11.8 Å². The number of hydrogen-bond donors (Lipinski definition) is 2. The van der Waals surface area contributed by atoms with Crippen molar-refractivity contribution in [3.63, 3.8) is 0 Å². The van der Waals surface area contributed by atoms with Crippen LogP contribution in [0.3, 0.4) is 0 Å². The van der Waals surface area contributed by atoms with Gasteiger partial charge in [0.25, 0.3) is 0 Å². The maximum atomic E-state index is 11.6. The van der Waals surface area contributed by atoms with Crippen molar-refractivity contribution >= 4 is 46.2 Å². The summed E-state index contributed by atoms with van der Waals surface area (Å²) in [6.45, 7) is 4.43. The van der Waals surface area contributed by atoms with Gasteiger partial charge in [0.05, 0.1) is 17.5 Å². The van der Waals surface area contributed by atoms with Gasteiger partial charge in [0.15, 0.2) is 0 Å². The summed E-state index contributed by atoms with van der Waals surface area (Å²) in [6.07, 6.45) is 9.09. The summed E-state index contributed by atoms with van der Waals surface area (Å²) in [5.74, 6) is 2.68. The van der Waals surface area contributed by atoms with Gasteiger partial charge in [0.2, 0.25) is 5.91 Å². The lowest BCUT2D eigenvalue weighted by molar-refractivity contribution is -0.118. The number of fused-ring (bicyclic) bond motifs is 1. The Morgan fingerprint density at radius 1 is 1.06 bits per heavy atom. The van der Waals surface area contributed by atoms with Crippen molar-refractivity contribution in [1.82, 2.24) is 20.3 Å². The number of nitrogens with zero attached hydrogens (tertiary/aromatic N) is 3. The molecular weight excluding hydrogens is 458 g/mol. The van der Waals surface area contributed by atoms with E-state index in [1.807, 2.05) is 80.8 Å². The smallest absolute Gasteiger partial charge is 0.230 e. The van der Waals surface area contributed by atoms with E-state index in [0.717, 1.165) is 39.2 Å². The minimum absolute atomic E-state index is 0.0304. The molecule has 178 valence electrons. The number of aryl methyl sites for hydroxylation is 2. The second-order valence-corrected chi connectivity index (χ2v) is 8.85. The van der Waals surface area contributed by atoms with Gasteiger partial charge < -0.3 is 15.4 Å². The number of thioether (sulfide) groups is 1. The number of amides is 1. The molecule has 8 heteroatoms. The molecule has 0 aliphatic rings. The number of aromatic nitrogens is 3. The number of carbonyl (C=O) groups is 1. The van der Waals surface area contributed by atoms with Gasteiger partial charge in [-0.3, -0.25) is 9.78 Å². The fourth-order valence-electron chi connectivity index (χ4n) is 3.45. The predicted octanol–water partition coefficient (Wildman–Crippen LogP) is 5.67. The fourth-order valence-corrected chi connectivity index (χ4v) is 3.81. The van der Waals surface area contributed by atoms with E-state index in [2.05, 4.69) is 25.6 Å². The zero-order valence-corrected chi connectivity index (χ0v) is 20.7. The molecule has 0 saturated carbocycles. The molecule has 0 saturated heterocycles. The molecule has 0 fully saturated rings. The number of ether oxygens (including phenoxy) is 1. The third-order valence-corrected chi connectivity index (χ3v) is 5.76. The van der Waals surface area contributed by atoms with E-state index < -0.39 is 0 Å². The van der Waals surface area contributed by atoms with Crippen LogP contribution < -0.4 is 15.4 Å². The molecule has 2 N–H and O–H groups in total. The van der Waals surface area contributed by atoms with Crippen LogP contribution in [0, 0.1) is 13.8 Å². The summed E-state index contributed by atoms with van der Waals surface area (Å²) < 4.78 is 5.98. The molecule has 0 bridgehead atoms. The van der Waals surface area contributed by atoms with Gasteiger partial charge in [0.1, 0.15) is 23.6 Å². The van der Waals surface area contributed by atoms with Crippen LogP contribution in [0.4, 0.5) is 11.5 Å². The van der Waals surface area contributed by atoms with Gasteiger partial charge >= 0.3 is 0 Å². The van der Waals surface area contributed by atoms with Crippen LogP contribution in [0.15, 0.2) is 67.1 Å². The molecule has 0 unspecified atom stereocenters. The number of pyridine rings is 1.